The van der Waals surface area contributed by atoms with Crippen LogP contribution in [-0.2, 0) is 0 Å². The lowest BCUT2D eigenvalue weighted by molar-refractivity contribution is 0.130. The Labute approximate surface area is 130 Å². The van der Waals surface area contributed by atoms with E-state index in [1.807, 2.05) is 0 Å². The molecule has 1 unspecified atom stereocenters. The summed E-state index contributed by atoms with van der Waals surface area (Å²) in [6, 6.07) is 4.66. The predicted octanol–water partition coefficient (Wildman–Crippen LogP) is 3.60. The first-order valence-corrected chi connectivity index (χ1v) is 6.91. The molecule has 0 fully saturated rings. The molecular formula is C16H14F3NO3. The van der Waals surface area contributed by atoms with E-state index in [0.717, 1.165) is 12.1 Å². The highest BCUT2D eigenvalue weighted by Crippen LogP contribution is 2.40. The summed E-state index contributed by atoms with van der Waals surface area (Å²) < 4.78 is 57.0. The van der Waals surface area contributed by atoms with Gasteiger partial charge in [0.1, 0.15) is 17.6 Å². The molecule has 0 radical (unpaired) electrons. The van der Waals surface area contributed by atoms with Gasteiger partial charge in [0.25, 0.3) is 0 Å². The monoisotopic (exact) mass is 325 g/mol. The lowest BCUT2D eigenvalue weighted by Gasteiger charge is -2.27. The molecule has 4 nitrogen and oxygen atoms in total. The number of fused-ring (bicyclic) bond motifs is 1. The maximum Gasteiger partial charge on any atom is 0.169 e. The molecule has 2 aromatic carbocycles. The van der Waals surface area contributed by atoms with E-state index in [4.69, 9.17) is 19.9 Å². The summed E-state index contributed by atoms with van der Waals surface area (Å²) in [5, 5.41) is 0. The minimum absolute atomic E-state index is 0.0149. The molecule has 0 saturated carbocycles. The molecule has 0 spiro atoms. The van der Waals surface area contributed by atoms with Gasteiger partial charge in [-0.1, -0.05) is 0 Å². The predicted molar refractivity (Wildman–Crippen MR) is 77.2 cm³/mol. The number of hydrogen-bond acceptors (Lipinski definition) is 4. The van der Waals surface area contributed by atoms with Crippen LogP contribution in [0.25, 0.3) is 0 Å². The Bertz CT molecular complexity index is 752. The van der Waals surface area contributed by atoms with Gasteiger partial charge in [0, 0.05) is 18.6 Å². The van der Waals surface area contributed by atoms with Gasteiger partial charge in [0.15, 0.2) is 23.2 Å². The maximum absolute atomic E-state index is 14.1. The van der Waals surface area contributed by atoms with Crippen LogP contribution in [0.1, 0.15) is 18.1 Å². The number of nitrogen functional groups attached to an aromatic ring is 1. The van der Waals surface area contributed by atoms with Crippen molar-refractivity contribution in [2.24, 2.45) is 0 Å². The van der Waals surface area contributed by atoms with Gasteiger partial charge in [-0.15, -0.1) is 0 Å². The second-order valence-electron chi connectivity index (χ2n) is 5.04. The normalized spacial score (nSPS) is 16.4. The molecule has 1 aliphatic rings. The molecule has 23 heavy (non-hydrogen) atoms. The van der Waals surface area contributed by atoms with Crippen LogP contribution in [0, 0.1) is 17.5 Å². The van der Waals surface area contributed by atoms with E-state index in [-0.39, 0.29) is 35.1 Å². The van der Waals surface area contributed by atoms with Gasteiger partial charge in [-0.3, -0.25) is 0 Å². The molecule has 122 valence electrons. The molecule has 1 aliphatic heterocycles. The van der Waals surface area contributed by atoms with Crippen molar-refractivity contribution in [1.82, 2.24) is 0 Å². The zero-order chi connectivity index (χ0) is 16.6. The Morgan fingerprint density at radius 2 is 1.91 bits per heavy atom. The van der Waals surface area contributed by atoms with Gasteiger partial charge in [-0.05, 0) is 12.1 Å². The van der Waals surface area contributed by atoms with E-state index < -0.39 is 23.6 Å². The largest absolute Gasteiger partial charge is 0.494 e. The number of nitrogens with two attached hydrogens (primary N) is 1. The molecule has 3 rings (SSSR count). The quantitative estimate of drug-likeness (QED) is 0.876. The number of ether oxygens (including phenoxy) is 3. The van der Waals surface area contributed by atoms with Crippen molar-refractivity contribution in [2.45, 2.75) is 12.5 Å². The van der Waals surface area contributed by atoms with Crippen LogP contribution in [0.2, 0.25) is 0 Å². The number of halogens is 3. The van der Waals surface area contributed by atoms with Crippen LogP contribution in [-0.4, -0.2) is 13.7 Å². The lowest BCUT2D eigenvalue weighted by atomic mass is 10.0. The zero-order valence-electron chi connectivity index (χ0n) is 12.2. The van der Waals surface area contributed by atoms with E-state index in [1.165, 1.54) is 19.2 Å². The third-order valence-corrected chi connectivity index (χ3v) is 3.61. The highest BCUT2D eigenvalue weighted by molar-refractivity contribution is 5.56. The summed E-state index contributed by atoms with van der Waals surface area (Å²) in [4.78, 5) is 0. The van der Waals surface area contributed by atoms with Gasteiger partial charge >= 0.3 is 0 Å². The van der Waals surface area contributed by atoms with Crippen molar-refractivity contribution in [3.05, 3.63) is 47.3 Å². The van der Waals surface area contributed by atoms with Crippen molar-refractivity contribution in [2.75, 3.05) is 19.5 Å². The Balaban J connectivity index is 1.99. The first-order chi connectivity index (χ1) is 11.0. The molecule has 2 aromatic rings. The fourth-order valence-corrected chi connectivity index (χ4v) is 2.47. The molecule has 0 aliphatic carbocycles. The molecule has 1 atom stereocenters. The van der Waals surface area contributed by atoms with Crippen LogP contribution in [0.4, 0.5) is 18.9 Å². The summed E-state index contributed by atoms with van der Waals surface area (Å²) >= 11 is 0. The van der Waals surface area contributed by atoms with Crippen LogP contribution >= 0.6 is 0 Å². The zero-order valence-corrected chi connectivity index (χ0v) is 12.2. The average molecular weight is 325 g/mol. The van der Waals surface area contributed by atoms with E-state index in [9.17, 15) is 13.2 Å². The van der Waals surface area contributed by atoms with Gasteiger partial charge in [0.05, 0.1) is 25.0 Å². The molecule has 7 heteroatoms. The first-order valence-electron chi connectivity index (χ1n) is 6.91. The fraction of sp³-hybridized carbons (Fsp3) is 0.250. The number of methoxy groups -OCH3 is 1. The maximum atomic E-state index is 14.1. The second-order valence-corrected chi connectivity index (χ2v) is 5.04. The summed E-state index contributed by atoms with van der Waals surface area (Å²) in [6.45, 7) is 0.279. The molecular weight excluding hydrogens is 311 g/mol. The topological polar surface area (TPSA) is 53.7 Å². The van der Waals surface area contributed by atoms with E-state index >= 15 is 0 Å². The first kappa shape index (κ1) is 15.3. The minimum atomic E-state index is -1.03. The summed E-state index contributed by atoms with van der Waals surface area (Å²) in [5.41, 5.74) is 5.75. The highest BCUT2D eigenvalue weighted by atomic mass is 19.2. The summed E-state index contributed by atoms with van der Waals surface area (Å²) in [5.74, 6) is -2.37. The molecule has 0 bridgehead atoms. The van der Waals surface area contributed by atoms with Crippen LogP contribution < -0.4 is 19.9 Å². The Morgan fingerprint density at radius 3 is 2.65 bits per heavy atom. The Kier molecular flexibility index (Phi) is 3.94. The van der Waals surface area contributed by atoms with Gasteiger partial charge in [-0.25, -0.2) is 13.2 Å². The minimum Gasteiger partial charge on any atom is -0.494 e. The summed E-state index contributed by atoms with van der Waals surface area (Å²) in [7, 11) is 1.30. The highest BCUT2D eigenvalue weighted by Gasteiger charge is 2.29. The third-order valence-electron chi connectivity index (χ3n) is 3.61. The Hall–Kier alpha value is -2.57. The van der Waals surface area contributed by atoms with Gasteiger partial charge < -0.3 is 19.9 Å². The molecule has 0 amide bonds. The van der Waals surface area contributed by atoms with Crippen LogP contribution in [0.5, 0.6) is 17.2 Å². The van der Waals surface area contributed by atoms with Gasteiger partial charge in [0.2, 0.25) is 0 Å². The van der Waals surface area contributed by atoms with Crippen molar-refractivity contribution in [1.29, 1.82) is 0 Å². The van der Waals surface area contributed by atoms with E-state index in [1.54, 1.807) is 0 Å². The molecule has 2 N–H and O–H groups in total. The number of hydrogen-bond donors (Lipinski definition) is 1. The lowest BCUT2D eigenvalue weighted by Crippen LogP contribution is -2.21. The van der Waals surface area contributed by atoms with Crippen molar-refractivity contribution < 1.29 is 27.4 Å². The second kappa shape index (κ2) is 5.91. The van der Waals surface area contributed by atoms with Crippen molar-refractivity contribution >= 4 is 5.69 Å². The number of rotatable bonds is 3. The average Bonchev–Trinajstić information content (AvgIpc) is 2.53. The fourth-order valence-electron chi connectivity index (χ4n) is 2.47. The number of anilines is 1. The smallest absolute Gasteiger partial charge is 0.169 e. The van der Waals surface area contributed by atoms with E-state index in [2.05, 4.69) is 0 Å². The SMILES string of the molecule is COc1cc(OC2CCOc3ccc(F)c(F)c32)c(N)cc1F. The standard InChI is InChI=1S/C16H14F3NO3/c1-21-13-7-14(10(20)6-9(13)18)23-12-4-5-22-11-3-2-8(17)16(19)15(11)12/h2-3,6-7,12H,4-5,20H2,1H3. The van der Waals surface area contributed by atoms with Crippen LogP contribution in [0.15, 0.2) is 24.3 Å². The van der Waals surface area contributed by atoms with E-state index in [0.29, 0.717) is 6.42 Å². The molecule has 1 heterocycles. The van der Waals surface area contributed by atoms with Crippen molar-refractivity contribution in [3.8, 4) is 17.2 Å². The Morgan fingerprint density at radius 1 is 1.13 bits per heavy atom. The van der Waals surface area contributed by atoms with Gasteiger partial charge in [-0.2, -0.15) is 0 Å². The van der Waals surface area contributed by atoms with Crippen LogP contribution in [0.3, 0.4) is 0 Å². The molecule has 0 saturated heterocycles. The molecule has 0 aromatic heterocycles. The summed E-state index contributed by atoms with van der Waals surface area (Å²) in [6.07, 6.45) is -0.501. The van der Waals surface area contributed by atoms with Crippen molar-refractivity contribution in [3.63, 3.8) is 0 Å². The number of benzene rings is 2. The third kappa shape index (κ3) is 2.74.